The summed E-state index contributed by atoms with van der Waals surface area (Å²) in [7, 11) is 0. The molecule has 0 aliphatic rings. The summed E-state index contributed by atoms with van der Waals surface area (Å²) < 4.78 is 4.44. The minimum absolute atomic E-state index is 0.310. The fourth-order valence-electron chi connectivity index (χ4n) is 1.20. The quantitative estimate of drug-likeness (QED) is 0.250. The minimum Gasteiger partial charge on any atom is -0.481 e. The van der Waals surface area contributed by atoms with E-state index in [2.05, 4.69) is 4.74 Å². The summed E-state index contributed by atoms with van der Waals surface area (Å²) in [6.45, 7) is 2.54. The Balaban J connectivity index is 5.27. The van der Waals surface area contributed by atoms with E-state index < -0.39 is 40.8 Å². The summed E-state index contributed by atoms with van der Waals surface area (Å²) in [5, 5.41) is 36.3. The first-order valence-electron chi connectivity index (χ1n) is 5.83. The molecule has 0 radical (unpaired) electrons. The molecule has 21 heavy (non-hydrogen) atoms. The van der Waals surface area contributed by atoms with Crippen LogP contribution in [0.2, 0.25) is 0 Å². The molecule has 0 aliphatic heterocycles. The van der Waals surface area contributed by atoms with Crippen LogP contribution in [-0.2, 0) is 23.9 Å². The summed E-state index contributed by atoms with van der Waals surface area (Å²) in [6.07, 6.45) is 0.570. The summed E-state index contributed by atoms with van der Waals surface area (Å²) >= 11 is 0.712. The van der Waals surface area contributed by atoms with Crippen molar-refractivity contribution in [1.82, 2.24) is 0 Å². The number of carboxylic acid groups (broad SMARTS) is 3. The van der Waals surface area contributed by atoms with Crippen molar-refractivity contribution < 1.29 is 44.3 Å². The smallest absolute Gasteiger partial charge is 0.355 e. The van der Waals surface area contributed by atoms with Crippen LogP contribution in [0, 0.1) is 5.92 Å². The zero-order chi connectivity index (χ0) is 16.8. The maximum absolute atomic E-state index is 11.7. The highest BCUT2D eigenvalue weighted by Crippen LogP contribution is 2.24. The normalized spacial score (nSPS) is 16.3. The lowest BCUT2D eigenvalue weighted by molar-refractivity contribution is -0.193. The molecule has 0 aromatic rings. The maximum Gasteiger partial charge on any atom is 0.355 e. The van der Waals surface area contributed by atoms with Crippen LogP contribution < -0.4 is 0 Å². The molecule has 0 saturated heterocycles. The second-order valence-electron chi connectivity index (χ2n) is 4.08. The van der Waals surface area contributed by atoms with Crippen LogP contribution in [0.25, 0.3) is 0 Å². The van der Waals surface area contributed by atoms with Crippen LogP contribution in [0.1, 0.15) is 20.3 Å². The van der Waals surface area contributed by atoms with Gasteiger partial charge in [-0.3, -0.25) is 4.79 Å². The predicted molar refractivity (Wildman–Crippen MR) is 69.7 cm³/mol. The monoisotopic (exact) mass is 324 g/mol. The molecule has 4 N–H and O–H groups in total. The Bertz CT molecular complexity index is 435. The Morgan fingerprint density at radius 3 is 2.00 bits per heavy atom. The maximum atomic E-state index is 11.7. The summed E-state index contributed by atoms with van der Waals surface area (Å²) in [5.41, 5.74) is -5.10. The summed E-state index contributed by atoms with van der Waals surface area (Å²) in [4.78, 5) is 44.4. The molecule has 0 aromatic carbocycles. The highest BCUT2D eigenvalue weighted by atomic mass is 32.2. The zero-order valence-electron chi connectivity index (χ0n) is 11.3. The lowest BCUT2D eigenvalue weighted by Crippen LogP contribution is -2.56. The third kappa shape index (κ3) is 4.60. The van der Waals surface area contributed by atoms with Gasteiger partial charge in [0.2, 0.25) is 5.44 Å². The number of hydrogen-bond donors (Lipinski definition) is 4. The zero-order valence-corrected chi connectivity index (χ0v) is 12.1. The number of hydrogen-bond acceptors (Lipinski definition) is 7. The number of thioether (sulfide) groups is 1. The van der Waals surface area contributed by atoms with Crippen LogP contribution in [0.4, 0.5) is 0 Å². The second-order valence-corrected chi connectivity index (χ2v) is 5.25. The molecule has 3 atom stereocenters. The molecule has 120 valence electrons. The molecule has 0 rings (SSSR count). The molecule has 0 bridgehead atoms. The van der Waals surface area contributed by atoms with Crippen molar-refractivity contribution in [3.05, 3.63) is 0 Å². The van der Waals surface area contributed by atoms with E-state index in [0.29, 0.717) is 23.9 Å². The Morgan fingerprint density at radius 1 is 1.14 bits per heavy atom. The van der Waals surface area contributed by atoms with Gasteiger partial charge in [-0.25, -0.2) is 14.4 Å². The van der Waals surface area contributed by atoms with Crippen LogP contribution in [-0.4, -0.2) is 61.1 Å². The number of carbonyl (C=O) groups excluding carboxylic acids is 1. The second kappa shape index (κ2) is 7.84. The van der Waals surface area contributed by atoms with Gasteiger partial charge < -0.3 is 25.2 Å². The third-order valence-electron chi connectivity index (χ3n) is 2.52. The Hall–Kier alpha value is -1.81. The van der Waals surface area contributed by atoms with E-state index in [0.717, 1.165) is 6.92 Å². The molecule has 3 unspecified atom stereocenters. The lowest BCUT2D eigenvalue weighted by atomic mass is 9.89. The highest BCUT2D eigenvalue weighted by molar-refractivity contribution is 8.00. The molecule has 0 heterocycles. The van der Waals surface area contributed by atoms with E-state index in [-0.39, 0.29) is 0 Å². The van der Waals surface area contributed by atoms with Crippen LogP contribution in [0.15, 0.2) is 0 Å². The van der Waals surface area contributed by atoms with Crippen molar-refractivity contribution in [3.8, 4) is 0 Å². The number of ether oxygens (including phenoxy) is 1. The topological polar surface area (TPSA) is 158 Å². The molecule has 0 fully saturated rings. The van der Waals surface area contributed by atoms with Crippen molar-refractivity contribution in [3.63, 3.8) is 0 Å². The molecular weight excluding hydrogens is 308 g/mol. The van der Waals surface area contributed by atoms with Crippen molar-refractivity contribution in [2.45, 2.75) is 31.3 Å². The molecule has 0 spiro atoms. The Labute approximate surface area is 123 Å². The van der Waals surface area contributed by atoms with E-state index in [1.165, 1.54) is 0 Å². The predicted octanol–water partition coefficient (Wildman–Crippen LogP) is -0.380. The van der Waals surface area contributed by atoms with Crippen molar-refractivity contribution in [1.29, 1.82) is 0 Å². The van der Waals surface area contributed by atoms with Gasteiger partial charge in [0.15, 0.2) is 0 Å². The van der Waals surface area contributed by atoms with E-state index in [1.807, 2.05) is 0 Å². The van der Waals surface area contributed by atoms with Gasteiger partial charge in [-0.1, -0.05) is 6.92 Å². The van der Waals surface area contributed by atoms with Gasteiger partial charge in [0.1, 0.15) is 5.92 Å². The average molecular weight is 324 g/mol. The van der Waals surface area contributed by atoms with E-state index >= 15 is 0 Å². The minimum atomic E-state index is -3.37. The Morgan fingerprint density at radius 2 is 1.67 bits per heavy atom. The van der Waals surface area contributed by atoms with Gasteiger partial charge in [-0.2, -0.15) is 0 Å². The molecule has 0 amide bonds. The summed E-state index contributed by atoms with van der Waals surface area (Å²) in [5.74, 6) is -8.96. The van der Waals surface area contributed by atoms with Gasteiger partial charge in [-0.15, -0.1) is 11.8 Å². The van der Waals surface area contributed by atoms with Crippen LogP contribution >= 0.6 is 11.8 Å². The Kier molecular flexibility index (Phi) is 7.16. The fraction of sp³-hybridized carbons (Fsp3) is 0.636. The van der Waals surface area contributed by atoms with Crippen molar-refractivity contribution in [2.24, 2.45) is 5.92 Å². The largest absolute Gasteiger partial charge is 0.481 e. The van der Waals surface area contributed by atoms with E-state index in [1.54, 1.807) is 6.92 Å². The number of carbonyl (C=O) groups is 4. The highest BCUT2D eigenvalue weighted by Gasteiger charge is 2.55. The van der Waals surface area contributed by atoms with Gasteiger partial charge in [0.05, 0.1) is 0 Å². The first-order valence-corrected chi connectivity index (χ1v) is 6.87. The molecule has 10 heteroatoms. The van der Waals surface area contributed by atoms with Crippen molar-refractivity contribution in [2.75, 3.05) is 5.75 Å². The van der Waals surface area contributed by atoms with Gasteiger partial charge in [-0.05, 0) is 19.1 Å². The SMILES string of the molecule is CCCSC(OC(=O)C(O)(C(=O)O)C(C)C(=O)O)C(=O)O. The standard InChI is InChI=1S/C11H16O9S/c1-3-4-21-8(7(14)15)20-10(18)11(19,9(16)17)5(2)6(12)13/h5,8,19H,3-4H2,1-2H3,(H,12,13)(H,14,15)(H,16,17). The number of esters is 1. The number of aliphatic carboxylic acids is 3. The molecule has 0 aliphatic carbocycles. The van der Waals surface area contributed by atoms with Crippen LogP contribution in [0.3, 0.4) is 0 Å². The van der Waals surface area contributed by atoms with E-state index in [4.69, 9.17) is 15.3 Å². The average Bonchev–Trinajstić information content (AvgIpc) is 2.40. The number of rotatable bonds is 9. The molecule has 0 aromatic heterocycles. The number of carboxylic acids is 3. The number of aliphatic hydroxyl groups is 1. The van der Waals surface area contributed by atoms with Gasteiger partial charge in [0.25, 0.3) is 5.60 Å². The lowest BCUT2D eigenvalue weighted by Gasteiger charge is -2.26. The molecule has 9 nitrogen and oxygen atoms in total. The van der Waals surface area contributed by atoms with Gasteiger partial charge >= 0.3 is 23.9 Å². The fourth-order valence-corrected chi connectivity index (χ4v) is 1.94. The van der Waals surface area contributed by atoms with E-state index in [9.17, 15) is 24.3 Å². The first kappa shape index (κ1) is 19.2. The van der Waals surface area contributed by atoms with Gasteiger partial charge in [0, 0.05) is 0 Å². The molecule has 0 saturated carbocycles. The first-order chi connectivity index (χ1) is 9.58. The van der Waals surface area contributed by atoms with Crippen molar-refractivity contribution >= 4 is 35.6 Å². The third-order valence-corrected chi connectivity index (χ3v) is 3.77. The summed E-state index contributed by atoms with van der Waals surface area (Å²) in [6, 6.07) is 0. The van der Waals surface area contributed by atoms with Crippen LogP contribution in [0.5, 0.6) is 0 Å². The molecular formula is C11H16O9S.